The van der Waals surface area contributed by atoms with Gasteiger partial charge in [0.15, 0.2) is 5.96 Å². The third kappa shape index (κ3) is 9.12. The maximum Gasteiger partial charge on any atom is 0.403 e. The second-order valence-electron chi connectivity index (χ2n) is 6.95. The molecule has 9 heteroatoms. The van der Waals surface area contributed by atoms with Crippen molar-refractivity contribution in [3.63, 3.8) is 0 Å². The van der Waals surface area contributed by atoms with Crippen LogP contribution in [0.25, 0.3) is 0 Å². The van der Waals surface area contributed by atoms with Crippen LogP contribution in [0.4, 0.5) is 13.2 Å². The van der Waals surface area contributed by atoms with Crippen molar-refractivity contribution in [3.05, 3.63) is 0 Å². The maximum atomic E-state index is 12.9. The van der Waals surface area contributed by atoms with E-state index in [9.17, 15) is 18.0 Å². The molecule has 6 nitrogen and oxygen atoms in total. The number of esters is 1. The molecule has 0 aliphatic carbocycles. The van der Waals surface area contributed by atoms with Crippen molar-refractivity contribution in [2.75, 3.05) is 45.9 Å². The van der Waals surface area contributed by atoms with Gasteiger partial charge in [0.2, 0.25) is 0 Å². The fourth-order valence-electron chi connectivity index (χ4n) is 3.11. The first-order valence-corrected chi connectivity index (χ1v) is 10.3. The highest BCUT2D eigenvalue weighted by atomic mass is 19.4. The molecule has 0 saturated carbocycles. The van der Waals surface area contributed by atoms with Crippen LogP contribution in [0.2, 0.25) is 0 Å². The number of piperazine rings is 1. The van der Waals surface area contributed by atoms with Crippen LogP contribution < -0.4 is 5.32 Å². The monoisotopic (exact) mass is 408 g/mol. The lowest BCUT2D eigenvalue weighted by Gasteiger charge is -2.39. The SMILES string of the molecule is CCNC(=NCCCCCCC(=O)OCC)N1CCN(C(C)C(F)(F)F)CC1. The number of alkyl halides is 3. The normalized spacial score (nSPS) is 17.5. The second kappa shape index (κ2) is 12.9. The first kappa shape index (κ1) is 24.5. The van der Waals surface area contributed by atoms with Crippen molar-refractivity contribution in [2.24, 2.45) is 4.99 Å². The summed E-state index contributed by atoms with van der Waals surface area (Å²) in [4.78, 5) is 19.4. The molecule has 1 unspecified atom stereocenters. The van der Waals surface area contributed by atoms with E-state index in [2.05, 4.69) is 10.3 Å². The standard InChI is InChI=1S/C19H35F3N4O2/c1-4-23-18(24-11-9-7-6-8-10-17(27)28-5-2)26-14-12-25(13-15-26)16(3)19(20,21)22/h16H,4-15H2,1-3H3,(H,23,24). The second-order valence-corrected chi connectivity index (χ2v) is 6.95. The zero-order chi connectivity index (χ0) is 21.0. The Bertz CT molecular complexity index is 478. The molecule has 0 aromatic rings. The summed E-state index contributed by atoms with van der Waals surface area (Å²) in [5.41, 5.74) is 0. The van der Waals surface area contributed by atoms with Gasteiger partial charge in [0.05, 0.1) is 6.61 Å². The lowest BCUT2D eigenvalue weighted by atomic mass is 10.1. The lowest BCUT2D eigenvalue weighted by Crippen LogP contribution is -2.56. The van der Waals surface area contributed by atoms with Crippen LogP contribution >= 0.6 is 0 Å². The van der Waals surface area contributed by atoms with Gasteiger partial charge in [0.1, 0.15) is 6.04 Å². The van der Waals surface area contributed by atoms with Crippen LogP contribution in [-0.2, 0) is 9.53 Å². The minimum Gasteiger partial charge on any atom is -0.466 e. The first-order valence-electron chi connectivity index (χ1n) is 10.3. The number of ether oxygens (including phenoxy) is 1. The number of unbranched alkanes of at least 4 members (excludes halogenated alkanes) is 3. The van der Waals surface area contributed by atoms with Crippen molar-refractivity contribution in [2.45, 2.75) is 65.1 Å². The van der Waals surface area contributed by atoms with E-state index in [1.54, 1.807) is 6.92 Å². The highest BCUT2D eigenvalue weighted by Crippen LogP contribution is 2.25. The Hall–Kier alpha value is -1.51. The van der Waals surface area contributed by atoms with E-state index in [-0.39, 0.29) is 5.97 Å². The molecule has 1 N–H and O–H groups in total. The molecule has 0 amide bonds. The number of nitrogens with zero attached hydrogens (tertiary/aromatic N) is 3. The Morgan fingerprint density at radius 1 is 1.11 bits per heavy atom. The van der Waals surface area contributed by atoms with Gasteiger partial charge in [-0.3, -0.25) is 14.7 Å². The number of hydrogen-bond acceptors (Lipinski definition) is 4. The number of carbonyl (C=O) groups excluding carboxylic acids is 1. The van der Waals surface area contributed by atoms with Gasteiger partial charge >= 0.3 is 12.1 Å². The van der Waals surface area contributed by atoms with E-state index in [0.717, 1.165) is 38.2 Å². The number of nitrogens with one attached hydrogen (secondary N) is 1. The smallest absolute Gasteiger partial charge is 0.403 e. The largest absolute Gasteiger partial charge is 0.466 e. The highest BCUT2D eigenvalue weighted by Gasteiger charge is 2.41. The van der Waals surface area contributed by atoms with Gasteiger partial charge in [-0.2, -0.15) is 13.2 Å². The Morgan fingerprint density at radius 3 is 2.32 bits per heavy atom. The predicted octanol–water partition coefficient (Wildman–Crippen LogP) is 3.03. The minimum atomic E-state index is -4.19. The summed E-state index contributed by atoms with van der Waals surface area (Å²) < 4.78 is 43.5. The average Bonchev–Trinajstić information content (AvgIpc) is 2.65. The molecule has 1 aliphatic rings. The molecule has 1 fully saturated rings. The third-order valence-corrected chi connectivity index (χ3v) is 4.83. The predicted molar refractivity (Wildman–Crippen MR) is 104 cm³/mol. The fraction of sp³-hybridized carbons (Fsp3) is 0.895. The summed E-state index contributed by atoms with van der Waals surface area (Å²) in [6.07, 6.45) is -0.0444. The van der Waals surface area contributed by atoms with Crippen LogP contribution in [0.15, 0.2) is 4.99 Å². The van der Waals surface area contributed by atoms with Crippen molar-refractivity contribution in [1.82, 2.24) is 15.1 Å². The molecule has 0 bridgehead atoms. The zero-order valence-corrected chi connectivity index (χ0v) is 17.4. The number of guanidine groups is 1. The number of hydrogen-bond donors (Lipinski definition) is 1. The Kier molecular flexibility index (Phi) is 11.3. The van der Waals surface area contributed by atoms with Crippen LogP contribution in [0.3, 0.4) is 0 Å². The van der Waals surface area contributed by atoms with Crippen LogP contribution in [0.1, 0.15) is 52.9 Å². The van der Waals surface area contributed by atoms with E-state index in [1.165, 1.54) is 11.8 Å². The molecule has 1 saturated heterocycles. The Balaban J connectivity index is 2.33. The highest BCUT2D eigenvalue weighted by molar-refractivity contribution is 5.80. The molecule has 1 aliphatic heterocycles. The molecule has 0 aromatic heterocycles. The average molecular weight is 409 g/mol. The summed E-state index contributed by atoms with van der Waals surface area (Å²) in [6, 6.07) is -1.41. The van der Waals surface area contributed by atoms with Gasteiger partial charge in [0, 0.05) is 45.7 Å². The number of carbonyl (C=O) groups is 1. The summed E-state index contributed by atoms with van der Waals surface area (Å²) in [5.74, 6) is 0.627. The molecule has 1 atom stereocenters. The van der Waals surface area contributed by atoms with E-state index >= 15 is 0 Å². The molecule has 28 heavy (non-hydrogen) atoms. The topological polar surface area (TPSA) is 57.2 Å². The molecule has 1 rings (SSSR count). The molecule has 164 valence electrons. The van der Waals surface area contributed by atoms with Crippen molar-refractivity contribution >= 4 is 11.9 Å². The fourth-order valence-corrected chi connectivity index (χ4v) is 3.11. The molecule has 0 radical (unpaired) electrons. The van der Waals surface area contributed by atoms with Gasteiger partial charge in [-0.25, -0.2) is 0 Å². The summed E-state index contributed by atoms with van der Waals surface area (Å²) in [5, 5.41) is 3.23. The lowest BCUT2D eigenvalue weighted by molar-refractivity contribution is -0.181. The van der Waals surface area contributed by atoms with Gasteiger partial charge < -0.3 is 15.0 Å². The van der Waals surface area contributed by atoms with E-state index in [4.69, 9.17) is 4.74 Å². The first-order chi connectivity index (χ1) is 13.3. The number of rotatable bonds is 10. The van der Waals surface area contributed by atoms with Crippen LogP contribution in [0, 0.1) is 0 Å². The summed E-state index contributed by atoms with van der Waals surface area (Å²) >= 11 is 0. The summed E-state index contributed by atoms with van der Waals surface area (Å²) in [7, 11) is 0. The van der Waals surface area contributed by atoms with Gasteiger partial charge in [0.25, 0.3) is 0 Å². The van der Waals surface area contributed by atoms with Gasteiger partial charge in [-0.05, 0) is 33.6 Å². The van der Waals surface area contributed by atoms with Gasteiger partial charge in [-0.15, -0.1) is 0 Å². The Morgan fingerprint density at radius 2 is 1.75 bits per heavy atom. The number of halogens is 3. The third-order valence-electron chi connectivity index (χ3n) is 4.83. The van der Waals surface area contributed by atoms with Crippen LogP contribution in [0.5, 0.6) is 0 Å². The quantitative estimate of drug-likeness (QED) is 0.261. The molecule has 0 aromatic carbocycles. The van der Waals surface area contributed by atoms with Crippen molar-refractivity contribution in [3.8, 4) is 0 Å². The van der Waals surface area contributed by atoms with Gasteiger partial charge in [-0.1, -0.05) is 12.8 Å². The molecule has 0 spiro atoms. The van der Waals surface area contributed by atoms with Crippen LogP contribution in [-0.4, -0.2) is 79.8 Å². The Labute approximate surface area is 166 Å². The van der Waals surface area contributed by atoms with Crippen molar-refractivity contribution < 1.29 is 22.7 Å². The molecular formula is C19H35F3N4O2. The zero-order valence-electron chi connectivity index (χ0n) is 17.4. The van der Waals surface area contributed by atoms with Crippen molar-refractivity contribution in [1.29, 1.82) is 0 Å². The molecular weight excluding hydrogens is 373 g/mol. The maximum absolute atomic E-state index is 12.9. The summed E-state index contributed by atoms with van der Waals surface area (Å²) in [6.45, 7) is 8.62. The van der Waals surface area contributed by atoms with E-state index in [1.807, 2.05) is 11.8 Å². The van der Waals surface area contributed by atoms with E-state index < -0.39 is 12.2 Å². The van der Waals surface area contributed by atoms with E-state index in [0.29, 0.717) is 45.8 Å². The minimum absolute atomic E-state index is 0.145. The number of aliphatic imine (C=N–C) groups is 1. The molecule has 1 heterocycles.